The topological polar surface area (TPSA) is 41.1 Å². The smallest absolute Gasteiger partial charge is 0.238 e. The zero-order valence-electron chi connectivity index (χ0n) is 10.9. The monoisotopic (exact) mass is 234 g/mol. The Morgan fingerprint density at radius 2 is 2.18 bits per heavy atom. The Kier molecular flexibility index (Phi) is 5.70. The molecule has 0 aliphatic carbocycles. The van der Waals surface area contributed by atoms with Crippen LogP contribution in [0.15, 0.2) is 24.3 Å². The lowest BCUT2D eigenvalue weighted by Crippen LogP contribution is -2.31. The molecule has 0 saturated carbocycles. The van der Waals surface area contributed by atoms with E-state index in [1.807, 2.05) is 31.2 Å². The van der Waals surface area contributed by atoms with E-state index in [0.717, 1.165) is 24.2 Å². The largest absolute Gasteiger partial charge is 0.325 e. The van der Waals surface area contributed by atoms with Crippen LogP contribution in [0.3, 0.4) is 0 Å². The van der Waals surface area contributed by atoms with Gasteiger partial charge >= 0.3 is 0 Å². The summed E-state index contributed by atoms with van der Waals surface area (Å²) in [5.41, 5.74) is 2.01. The lowest BCUT2D eigenvalue weighted by atomic mass is 10.1. The highest BCUT2D eigenvalue weighted by Gasteiger charge is 2.03. The van der Waals surface area contributed by atoms with Crippen LogP contribution in [-0.4, -0.2) is 19.0 Å². The second-order valence-corrected chi connectivity index (χ2v) is 4.56. The summed E-state index contributed by atoms with van der Waals surface area (Å²) in [7, 11) is 0. The number of carbonyl (C=O) groups excluding carboxylic acids is 1. The molecule has 0 bridgehead atoms. The van der Waals surface area contributed by atoms with Crippen molar-refractivity contribution < 1.29 is 4.79 Å². The minimum absolute atomic E-state index is 0.0129. The molecule has 0 aromatic heterocycles. The molecule has 1 aromatic carbocycles. The Hall–Kier alpha value is -1.35. The first-order valence-corrected chi connectivity index (χ1v) is 6.19. The number of carbonyl (C=O) groups is 1. The van der Waals surface area contributed by atoms with Gasteiger partial charge < -0.3 is 10.6 Å². The number of nitrogens with one attached hydrogen (secondary N) is 2. The highest BCUT2D eigenvalue weighted by molar-refractivity contribution is 5.92. The van der Waals surface area contributed by atoms with Crippen molar-refractivity contribution in [1.29, 1.82) is 0 Å². The zero-order chi connectivity index (χ0) is 12.7. The Bertz CT molecular complexity index is 363. The predicted octanol–water partition coefficient (Wildman–Crippen LogP) is 2.57. The van der Waals surface area contributed by atoms with Crippen molar-refractivity contribution in [3.8, 4) is 0 Å². The first kappa shape index (κ1) is 13.7. The van der Waals surface area contributed by atoms with E-state index in [4.69, 9.17) is 0 Å². The van der Waals surface area contributed by atoms with Gasteiger partial charge in [0.15, 0.2) is 0 Å². The molecule has 0 spiro atoms. The maximum atomic E-state index is 11.6. The standard InChI is InChI=1S/C14H22N2O/c1-4-11(2)9-15-10-14(17)16-13-7-5-6-12(3)8-13/h5-8,11,15H,4,9-10H2,1-3H3,(H,16,17). The van der Waals surface area contributed by atoms with E-state index in [9.17, 15) is 4.79 Å². The molecule has 2 N–H and O–H groups in total. The first-order chi connectivity index (χ1) is 8.11. The minimum Gasteiger partial charge on any atom is -0.325 e. The fourth-order valence-corrected chi connectivity index (χ4v) is 1.50. The maximum Gasteiger partial charge on any atom is 0.238 e. The molecule has 3 heteroatoms. The van der Waals surface area contributed by atoms with Crippen molar-refractivity contribution in [2.24, 2.45) is 5.92 Å². The van der Waals surface area contributed by atoms with E-state index in [0.29, 0.717) is 12.5 Å². The van der Waals surface area contributed by atoms with E-state index in [1.54, 1.807) is 0 Å². The average molecular weight is 234 g/mol. The number of rotatable bonds is 6. The Balaban J connectivity index is 2.30. The number of benzene rings is 1. The molecule has 1 rings (SSSR count). The lowest BCUT2D eigenvalue weighted by molar-refractivity contribution is -0.115. The van der Waals surface area contributed by atoms with Gasteiger partial charge in [0, 0.05) is 5.69 Å². The number of amides is 1. The molecule has 0 fully saturated rings. The molecule has 0 radical (unpaired) electrons. The molecule has 0 heterocycles. The molecular formula is C14H22N2O. The molecule has 0 saturated heterocycles. The predicted molar refractivity (Wildman–Crippen MR) is 72.1 cm³/mol. The summed E-state index contributed by atoms with van der Waals surface area (Å²) >= 11 is 0. The molecular weight excluding hydrogens is 212 g/mol. The highest BCUT2D eigenvalue weighted by atomic mass is 16.1. The van der Waals surface area contributed by atoms with Gasteiger partial charge in [-0.05, 0) is 37.1 Å². The maximum absolute atomic E-state index is 11.6. The van der Waals surface area contributed by atoms with Gasteiger partial charge in [-0.15, -0.1) is 0 Å². The van der Waals surface area contributed by atoms with Crippen molar-refractivity contribution >= 4 is 11.6 Å². The normalized spacial score (nSPS) is 12.2. The van der Waals surface area contributed by atoms with Crippen molar-refractivity contribution in [3.05, 3.63) is 29.8 Å². The summed E-state index contributed by atoms with van der Waals surface area (Å²) in [4.78, 5) is 11.6. The summed E-state index contributed by atoms with van der Waals surface area (Å²) in [6.45, 7) is 7.59. The van der Waals surface area contributed by atoms with Crippen molar-refractivity contribution in [3.63, 3.8) is 0 Å². The molecule has 17 heavy (non-hydrogen) atoms. The van der Waals surface area contributed by atoms with Gasteiger partial charge in [0.05, 0.1) is 6.54 Å². The van der Waals surface area contributed by atoms with E-state index < -0.39 is 0 Å². The van der Waals surface area contributed by atoms with E-state index in [-0.39, 0.29) is 5.91 Å². The molecule has 0 aliphatic heterocycles. The van der Waals surface area contributed by atoms with Gasteiger partial charge in [0.25, 0.3) is 0 Å². The van der Waals surface area contributed by atoms with E-state index in [2.05, 4.69) is 24.5 Å². The third-order valence-electron chi connectivity index (χ3n) is 2.78. The van der Waals surface area contributed by atoms with Crippen LogP contribution in [0.25, 0.3) is 0 Å². The van der Waals surface area contributed by atoms with Gasteiger partial charge in [-0.1, -0.05) is 32.4 Å². The zero-order valence-corrected chi connectivity index (χ0v) is 10.9. The van der Waals surface area contributed by atoms with Crippen LogP contribution in [0.5, 0.6) is 0 Å². The molecule has 1 atom stereocenters. The van der Waals surface area contributed by atoms with Crippen LogP contribution >= 0.6 is 0 Å². The highest BCUT2D eigenvalue weighted by Crippen LogP contribution is 2.08. The fourth-order valence-electron chi connectivity index (χ4n) is 1.50. The SMILES string of the molecule is CCC(C)CNCC(=O)Nc1cccc(C)c1. The van der Waals surface area contributed by atoms with E-state index in [1.165, 1.54) is 0 Å². The van der Waals surface area contributed by atoms with Crippen LogP contribution in [0.4, 0.5) is 5.69 Å². The second-order valence-electron chi connectivity index (χ2n) is 4.56. The quantitative estimate of drug-likeness (QED) is 0.794. The Morgan fingerprint density at radius 1 is 1.41 bits per heavy atom. The van der Waals surface area contributed by atoms with E-state index >= 15 is 0 Å². The molecule has 0 aliphatic rings. The third kappa shape index (κ3) is 5.50. The average Bonchev–Trinajstić information content (AvgIpc) is 2.28. The lowest BCUT2D eigenvalue weighted by Gasteiger charge is -2.10. The minimum atomic E-state index is 0.0129. The van der Waals surface area contributed by atoms with Crippen LogP contribution in [-0.2, 0) is 4.79 Å². The Morgan fingerprint density at radius 3 is 2.82 bits per heavy atom. The fraction of sp³-hybridized carbons (Fsp3) is 0.500. The van der Waals surface area contributed by atoms with Gasteiger partial charge in [-0.25, -0.2) is 0 Å². The number of aryl methyl sites for hydroxylation is 1. The van der Waals surface area contributed by atoms with Gasteiger partial charge in [0.1, 0.15) is 0 Å². The molecule has 1 unspecified atom stereocenters. The van der Waals surface area contributed by atoms with Gasteiger partial charge in [-0.2, -0.15) is 0 Å². The summed E-state index contributed by atoms with van der Waals surface area (Å²) in [6, 6.07) is 7.82. The van der Waals surface area contributed by atoms with Crippen LogP contribution in [0, 0.1) is 12.8 Å². The van der Waals surface area contributed by atoms with Gasteiger partial charge in [-0.3, -0.25) is 4.79 Å². The second kappa shape index (κ2) is 7.07. The molecule has 3 nitrogen and oxygen atoms in total. The van der Waals surface area contributed by atoms with Gasteiger partial charge in [0.2, 0.25) is 5.91 Å². The number of anilines is 1. The van der Waals surface area contributed by atoms with Crippen molar-refractivity contribution in [2.45, 2.75) is 27.2 Å². The number of hydrogen-bond donors (Lipinski definition) is 2. The number of hydrogen-bond acceptors (Lipinski definition) is 2. The van der Waals surface area contributed by atoms with Crippen molar-refractivity contribution in [2.75, 3.05) is 18.4 Å². The summed E-state index contributed by atoms with van der Waals surface area (Å²) < 4.78 is 0. The van der Waals surface area contributed by atoms with Crippen LogP contribution < -0.4 is 10.6 Å². The van der Waals surface area contributed by atoms with Crippen molar-refractivity contribution in [1.82, 2.24) is 5.32 Å². The summed E-state index contributed by atoms with van der Waals surface area (Å²) in [5.74, 6) is 0.626. The van der Waals surface area contributed by atoms with Crippen LogP contribution in [0.2, 0.25) is 0 Å². The molecule has 1 amide bonds. The third-order valence-corrected chi connectivity index (χ3v) is 2.78. The molecule has 1 aromatic rings. The Labute approximate surface area is 104 Å². The summed E-state index contributed by atoms with van der Waals surface area (Å²) in [5, 5.41) is 6.03. The molecule has 94 valence electrons. The summed E-state index contributed by atoms with van der Waals surface area (Å²) in [6.07, 6.45) is 1.13. The van der Waals surface area contributed by atoms with Crippen LogP contribution in [0.1, 0.15) is 25.8 Å². The first-order valence-electron chi connectivity index (χ1n) is 6.19.